The second-order valence-electron chi connectivity index (χ2n) is 11.5. The molecule has 4 aromatic heterocycles. The van der Waals surface area contributed by atoms with E-state index in [4.69, 9.17) is 19.9 Å². The molecule has 46 heavy (non-hydrogen) atoms. The summed E-state index contributed by atoms with van der Waals surface area (Å²) in [5.74, 6) is 1.83. The van der Waals surface area contributed by atoms with Crippen molar-refractivity contribution < 1.29 is 0 Å². The summed E-state index contributed by atoms with van der Waals surface area (Å²) in [6, 6.07) is 50.2. The van der Waals surface area contributed by atoms with Crippen LogP contribution in [0.1, 0.15) is 0 Å². The van der Waals surface area contributed by atoms with Crippen molar-refractivity contribution in [3.05, 3.63) is 146 Å². The molecule has 0 spiro atoms. The summed E-state index contributed by atoms with van der Waals surface area (Å²) in [4.78, 5) is 20.5. The summed E-state index contributed by atoms with van der Waals surface area (Å²) in [5.41, 5.74) is 8.04. The van der Waals surface area contributed by atoms with Gasteiger partial charge in [0.15, 0.2) is 11.6 Å². The Morgan fingerprint density at radius 1 is 0.391 bits per heavy atom. The minimum atomic E-state index is 0.575. The second-order valence-corrected chi connectivity index (χ2v) is 11.5. The van der Waals surface area contributed by atoms with Gasteiger partial charge in [0.05, 0.1) is 27.6 Å². The highest BCUT2D eigenvalue weighted by atomic mass is 15.2. The summed E-state index contributed by atoms with van der Waals surface area (Å²) in [5, 5.41) is 5.64. The van der Waals surface area contributed by atoms with Crippen LogP contribution in [0.5, 0.6) is 0 Å². The van der Waals surface area contributed by atoms with Gasteiger partial charge < -0.3 is 0 Å². The molecule has 0 radical (unpaired) electrons. The highest BCUT2D eigenvalue weighted by molar-refractivity contribution is 6.27. The van der Waals surface area contributed by atoms with Crippen molar-refractivity contribution in [3.63, 3.8) is 0 Å². The van der Waals surface area contributed by atoms with Gasteiger partial charge in [0.1, 0.15) is 5.65 Å². The van der Waals surface area contributed by atoms with Crippen molar-refractivity contribution in [1.29, 1.82) is 0 Å². The molecule has 0 saturated heterocycles. The molecule has 0 aliphatic heterocycles. The molecule has 0 fully saturated rings. The molecule has 0 N–H and O–H groups in total. The molecule has 0 aliphatic rings. The molecule has 214 valence electrons. The number of hydrogen-bond donors (Lipinski definition) is 0. The fourth-order valence-electron chi connectivity index (χ4n) is 6.95. The van der Waals surface area contributed by atoms with Gasteiger partial charge in [-0.3, -0.25) is 8.97 Å². The predicted octanol–water partition coefficient (Wildman–Crippen LogP) is 9.41. The number of rotatable bonds is 3. The summed E-state index contributed by atoms with van der Waals surface area (Å²) < 4.78 is 4.53. The molecule has 6 nitrogen and oxygen atoms in total. The van der Waals surface area contributed by atoms with Crippen LogP contribution in [0.2, 0.25) is 0 Å². The summed E-state index contributed by atoms with van der Waals surface area (Å²) >= 11 is 0. The van der Waals surface area contributed by atoms with Crippen molar-refractivity contribution in [2.45, 2.75) is 0 Å². The molecule has 0 aliphatic carbocycles. The maximum Gasteiger partial charge on any atom is 0.238 e. The van der Waals surface area contributed by atoms with Crippen LogP contribution in [0.25, 0.3) is 88.9 Å². The fourth-order valence-corrected chi connectivity index (χ4v) is 6.95. The Hall–Kier alpha value is -6.40. The first-order chi connectivity index (χ1) is 22.8. The minimum Gasteiger partial charge on any atom is -0.292 e. The molecule has 10 rings (SSSR count). The first-order valence-electron chi connectivity index (χ1n) is 15.3. The third kappa shape index (κ3) is 3.52. The van der Waals surface area contributed by atoms with Gasteiger partial charge in [-0.15, -0.1) is 0 Å². The number of hydrogen-bond acceptors (Lipinski definition) is 4. The quantitative estimate of drug-likeness (QED) is 0.193. The lowest BCUT2D eigenvalue weighted by molar-refractivity contribution is 0.955. The Kier molecular flexibility index (Phi) is 5.19. The van der Waals surface area contributed by atoms with Crippen molar-refractivity contribution >= 4 is 60.2 Å². The SMILES string of the molecule is c1ccc(-c2nc(-c3ccccc3)nc(-n3c4ccccc4c4ccc5c(c6ccccc6c6nc7ccccc7n56)c43)n2)cc1. The number of benzene rings is 6. The number of para-hydroxylation sites is 3. The molecule has 0 saturated carbocycles. The molecule has 0 atom stereocenters. The highest BCUT2D eigenvalue weighted by Gasteiger charge is 2.22. The van der Waals surface area contributed by atoms with E-state index in [1.165, 1.54) is 0 Å². The second kappa shape index (κ2) is 9.55. The van der Waals surface area contributed by atoms with Gasteiger partial charge in [0.2, 0.25) is 5.95 Å². The van der Waals surface area contributed by atoms with Crippen molar-refractivity contribution in [2.24, 2.45) is 0 Å². The zero-order valence-electron chi connectivity index (χ0n) is 24.5. The maximum absolute atomic E-state index is 5.18. The Morgan fingerprint density at radius 2 is 0.978 bits per heavy atom. The lowest BCUT2D eigenvalue weighted by Crippen LogP contribution is -2.07. The lowest BCUT2D eigenvalue weighted by Gasteiger charge is -2.14. The van der Waals surface area contributed by atoms with Crippen LogP contribution in [0.15, 0.2) is 146 Å². The Morgan fingerprint density at radius 3 is 1.70 bits per heavy atom. The molecule has 4 heterocycles. The summed E-state index contributed by atoms with van der Waals surface area (Å²) in [7, 11) is 0. The van der Waals surface area contributed by atoms with Gasteiger partial charge >= 0.3 is 0 Å². The standard InChI is InChI=1S/C40H24N6/c1-3-13-25(14-4-1)37-42-38(26-15-5-2-6-16-26)44-40(43-37)46-32-21-11-9-17-27(32)29-23-24-34-35(36(29)46)28-18-7-8-19-30(28)39-41-31-20-10-12-22-33(31)45(34)39/h1-24H. The Labute approximate surface area is 262 Å². The van der Waals surface area contributed by atoms with Crippen molar-refractivity contribution in [2.75, 3.05) is 0 Å². The molecule has 10 aromatic rings. The number of nitrogens with zero attached hydrogens (tertiary/aromatic N) is 6. The van der Waals surface area contributed by atoms with Crippen LogP contribution in [-0.2, 0) is 0 Å². The first kappa shape index (κ1) is 25.0. The van der Waals surface area contributed by atoms with E-state index in [1.54, 1.807) is 0 Å². The number of fused-ring (bicyclic) bond motifs is 12. The van der Waals surface area contributed by atoms with Crippen molar-refractivity contribution in [1.82, 2.24) is 28.9 Å². The summed E-state index contributed by atoms with van der Waals surface area (Å²) in [6.07, 6.45) is 0. The normalized spacial score (nSPS) is 11.9. The molecule has 0 amide bonds. The fraction of sp³-hybridized carbons (Fsp3) is 0. The van der Waals surface area contributed by atoms with Crippen LogP contribution in [0.3, 0.4) is 0 Å². The summed E-state index contributed by atoms with van der Waals surface area (Å²) in [6.45, 7) is 0. The van der Waals surface area contributed by atoms with E-state index in [9.17, 15) is 0 Å². The van der Waals surface area contributed by atoms with Gasteiger partial charge in [0.25, 0.3) is 0 Å². The molecule has 6 heteroatoms. The molecular weight excluding hydrogens is 564 g/mol. The molecular formula is C40H24N6. The van der Waals surface area contributed by atoms with E-state index in [1.807, 2.05) is 66.7 Å². The largest absolute Gasteiger partial charge is 0.292 e. The molecule has 0 bridgehead atoms. The number of pyridine rings is 1. The van der Waals surface area contributed by atoms with Gasteiger partial charge in [-0.25, -0.2) is 9.97 Å². The van der Waals surface area contributed by atoms with Crippen LogP contribution >= 0.6 is 0 Å². The lowest BCUT2D eigenvalue weighted by atomic mass is 10.0. The third-order valence-electron chi connectivity index (χ3n) is 8.94. The molecule has 0 unspecified atom stereocenters. The van der Waals surface area contributed by atoms with E-state index in [0.29, 0.717) is 17.6 Å². The van der Waals surface area contributed by atoms with Gasteiger partial charge in [0, 0.05) is 32.7 Å². The average Bonchev–Trinajstić information content (AvgIpc) is 3.69. The monoisotopic (exact) mass is 588 g/mol. The van der Waals surface area contributed by atoms with Crippen LogP contribution in [0, 0.1) is 0 Å². The van der Waals surface area contributed by atoms with E-state index < -0.39 is 0 Å². The zero-order chi connectivity index (χ0) is 30.2. The van der Waals surface area contributed by atoms with Gasteiger partial charge in [-0.2, -0.15) is 9.97 Å². The predicted molar refractivity (Wildman–Crippen MR) is 186 cm³/mol. The van der Waals surface area contributed by atoms with E-state index in [2.05, 4.69) is 87.8 Å². The van der Waals surface area contributed by atoms with Crippen LogP contribution in [-0.4, -0.2) is 28.9 Å². The zero-order valence-corrected chi connectivity index (χ0v) is 24.5. The van der Waals surface area contributed by atoms with Gasteiger partial charge in [-0.1, -0.05) is 121 Å². The van der Waals surface area contributed by atoms with Crippen LogP contribution < -0.4 is 0 Å². The van der Waals surface area contributed by atoms with E-state index in [-0.39, 0.29) is 0 Å². The highest BCUT2D eigenvalue weighted by Crippen LogP contribution is 2.41. The topological polar surface area (TPSA) is 60.9 Å². The Bertz CT molecular complexity index is 2740. The number of aromatic nitrogens is 6. The van der Waals surface area contributed by atoms with E-state index in [0.717, 1.165) is 71.3 Å². The van der Waals surface area contributed by atoms with E-state index >= 15 is 0 Å². The van der Waals surface area contributed by atoms with Crippen LogP contribution in [0.4, 0.5) is 0 Å². The Balaban J connectivity index is 1.43. The molecule has 6 aromatic carbocycles. The van der Waals surface area contributed by atoms with Gasteiger partial charge in [-0.05, 0) is 29.7 Å². The average molecular weight is 589 g/mol. The smallest absolute Gasteiger partial charge is 0.238 e. The maximum atomic E-state index is 5.18. The first-order valence-corrected chi connectivity index (χ1v) is 15.3. The number of imidazole rings is 1. The van der Waals surface area contributed by atoms with Crippen molar-refractivity contribution in [3.8, 4) is 28.7 Å². The third-order valence-corrected chi connectivity index (χ3v) is 8.94. The minimum absolute atomic E-state index is 0.575.